The molecule has 0 atom stereocenters. The third-order valence-corrected chi connectivity index (χ3v) is 5.99. The molecule has 1 aliphatic heterocycles. The second kappa shape index (κ2) is 9.08. The normalized spacial score (nSPS) is 23.5. The molecule has 164 valence electrons. The Balaban J connectivity index is 2.18. The van der Waals surface area contributed by atoms with E-state index in [0.29, 0.717) is 41.9 Å². The van der Waals surface area contributed by atoms with Crippen LogP contribution in [0.4, 0.5) is 4.79 Å². The van der Waals surface area contributed by atoms with E-state index >= 15 is 0 Å². The Kier molecular flexibility index (Phi) is 6.71. The van der Waals surface area contributed by atoms with Crippen LogP contribution in [0.2, 0.25) is 0 Å². The number of carbonyl (C=O) groups is 2. The molecule has 3 rings (SSSR count). The van der Waals surface area contributed by atoms with E-state index in [1.165, 1.54) is 0 Å². The van der Waals surface area contributed by atoms with Crippen molar-refractivity contribution in [1.82, 2.24) is 5.32 Å². The van der Waals surface area contributed by atoms with Gasteiger partial charge in [0, 0.05) is 12.7 Å². The molecule has 0 aromatic heterocycles. The van der Waals surface area contributed by atoms with Crippen molar-refractivity contribution in [1.29, 1.82) is 0 Å². The number of ether oxygens (including phenoxy) is 4. The van der Waals surface area contributed by atoms with Crippen LogP contribution in [0.5, 0.6) is 5.75 Å². The quantitative estimate of drug-likeness (QED) is 0.707. The van der Waals surface area contributed by atoms with Gasteiger partial charge in [-0.1, -0.05) is 13.0 Å². The highest BCUT2D eigenvalue weighted by Gasteiger charge is 2.51. The van der Waals surface area contributed by atoms with Gasteiger partial charge >= 0.3 is 6.16 Å². The van der Waals surface area contributed by atoms with Gasteiger partial charge in [-0.25, -0.2) is 4.79 Å². The van der Waals surface area contributed by atoms with Crippen LogP contribution in [0.1, 0.15) is 56.2 Å². The molecule has 0 radical (unpaired) electrons. The van der Waals surface area contributed by atoms with E-state index in [1.54, 1.807) is 21.1 Å². The fraction of sp³-hybridized carbons (Fsp3) is 0.565. The SMILES string of the molecule is CCOC(=O)OC1=C(c2c(CC)cc(C)cc2OC)C(=O)NC12CCC(OC)CC2. The van der Waals surface area contributed by atoms with E-state index in [2.05, 4.69) is 5.32 Å². The molecule has 1 aromatic rings. The van der Waals surface area contributed by atoms with Crippen molar-refractivity contribution in [2.24, 2.45) is 0 Å². The summed E-state index contributed by atoms with van der Waals surface area (Å²) in [6.07, 6.45) is 2.77. The van der Waals surface area contributed by atoms with E-state index in [4.69, 9.17) is 18.9 Å². The first kappa shape index (κ1) is 22.2. The standard InChI is InChI=1S/C23H31NO6/c1-6-15-12-14(3)13-17(28-5)18(15)19-20(30-22(26)29-7-2)23(24-21(19)25)10-8-16(27-4)9-11-23/h12-13,16H,6-11H2,1-5H3,(H,24,25). The van der Waals surface area contributed by atoms with Gasteiger partial charge in [0.25, 0.3) is 5.91 Å². The number of aryl methyl sites for hydroxylation is 2. The van der Waals surface area contributed by atoms with Gasteiger partial charge in [-0.3, -0.25) is 4.79 Å². The van der Waals surface area contributed by atoms with Gasteiger partial charge in [-0.05, 0) is 63.1 Å². The van der Waals surface area contributed by atoms with Crippen LogP contribution in [0, 0.1) is 6.92 Å². The van der Waals surface area contributed by atoms with Crippen molar-refractivity contribution in [2.45, 2.75) is 64.5 Å². The predicted octanol–water partition coefficient (Wildman–Crippen LogP) is 3.91. The number of amides is 1. The van der Waals surface area contributed by atoms with Crippen LogP contribution in [-0.2, 0) is 25.4 Å². The summed E-state index contributed by atoms with van der Waals surface area (Å²) in [5.74, 6) is 0.656. The first-order valence-electron chi connectivity index (χ1n) is 10.5. The van der Waals surface area contributed by atoms with E-state index in [-0.39, 0.29) is 18.6 Å². The lowest BCUT2D eigenvalue weighted by molar-refractivity contribution is -0.116. The summed E-state index contributed by atoms with van der Waals surface area (Å²) in [6, 6.07) is 3.93. The maximum Gasteiger partial charge on any atom is 0.513 e. The van der Waals surface area contributed by atoms with Gasteiger partial charge in [0.15, 0.2) is 5.76 Å². The summed E-state index contributed by atoms with van der Waals surface area (Å²) in [5, 5.41) is 3.12. The van der Waals surface area contributed by atoms with Crippen LogP contribution >= 0.6 is 0 Å². The van der Waals surface area contributed by atoms with Gasteiger partial charge in [0.2, 0.25) is 0 Å². The number of hydrogen-bond donors (Lipinski definition) is 1. The summed E-state index contributed by atoms with van der Waals surface area (Å²) < 4.78 is 21.9. The summed E-state index contributed by atoms with van der Waals surface area (Å²) in [7, 11) is 3.27. The molecule has 1 spiro atoms. The second-order valence-electron chi connectivity index (χ2n) is 7.82. The molecule has 1 heterocycles. The lowest BCUT2D eigenvalue weighted by Gasteiger charge is -2.37. The van der Waals surface area contributed by atoms with Crippen LogP contribution in [0.25, 0.3) is 5.57 Å². The van der Waals surface area contributed by atoms with E-state index in [0.717, 1.165) is 24.0 Å². The Labute approximate surface area is 177 Å². The van der Waals surface area contributed by atoms with Crippen LogP contribution < -0.4 is 10.1 Å². The number of rotatable bonds is 6. The topological polar surface area (TPSA) is 83.1 Å². The molecule has 1 saturated carbocycles. The molecule has 0 unspecified atom stereocenters. The molecular weight excluding hydrogens is 386 g/mol. The maximum absolute atomic E-state index is 13.3. The number of hydrogen-bond acceptors (Lipinski definition) is 6. The van der Waals surface area contributed by atoms with Crippen molar-refractivity contribution in [2.75, 3.05) is 20.8 Å². The summed E-state index contributed by atoms with van der Waals surface area (Å²) in [5.41, 5.74) is 2.27. The number of benzene rings is 1. The number of methoxy groups -OCH3 is 2. The second-order valence-corrected chi connectivity index (χ2v) is 7.82. The fourth-order valence-electron chi connectivity index (χ4n) is 4.51. The molecule has 1 amide bonds. The first-order chi connectivity index (χ1) is 14.4. The Morgan fingerprint density at radius 2 is 1.90 bits per heavy atom. The average Bonchev–Trinajstić information content (AvgIpc) is 2.98. The highest BCUT2D eigenvalue weighted by Crippen LogP contribution is 2.46. The molecule has 0 bridgehead atoms. The molecule has 1 N–H and O–H groups in total. The minimum absolute atomic E-state index is 0.125. The highest BCUT2D eigenvalue weighted by atomic mass is 16.7. The molecule has 1 fully saturated rings. The Hall–Kier alpha value is -2.54. The first-order valence-corrected chi connectivity index (χ1v) is 10.5. The molecule has 1 aromatic carbocycles. The molecule has 7 nitrogen and oxygen atoms in total. The van der Waals surface area contributed by atoms with Gasteiger partial charge in [0.05, 0.1) is 30.9 Å². The van der Waals surface area contributed by atoms with Crippen molar-refractivity contribution in [3.63, 3.8) is 0 Å². The van der Waals surface area contributed by atoms with Gasteiger partial charge < -0.3 is 24.3 Å². The Morgan fingerprint density at radius 1 is 1.20 bits per heavy atom. The van der Waals surface area contributed by atoms with Crippen LogP contribution in [0.3, 0.4) is 0 Å². The zero-order valence-corrected chi connectivity index (χ0v) is 18.4. The monoisotopic (exact) mass is 417 g/mol. The van der Waals surface area contributed by atoms with Crippen molar-refractivity contribution in [3.05, 3.63) is 34.6 Å². The molecule has 30 heavy (non-hydrogen) atoms. The zero-order chi connectivity index (χ0) is 21.9. The molecule has 1 aliphatic carbocycles. The molecule has 7 heteroatoms. The van der Waals surface area contributed by atoms with Gasteiger partial charge in [-0.2, -0.15) is 0 Å². The molecule has 0 saturated heterocycles. The third kappa shape index (κ3) is 4.03. The largest absolute Gasteiger partial charge is 0.513 e. The Morgan fingerprint density at radius 3 is 2.47 bits per heavy atom. The number of nitrogens with one attached hydrogen (secondary N) is 1. The van der Waals surface area contributed by atoms with Gasteiger partial charge in [-0.15, -0.1) is 0 Å². The van der Waals surface area contributed by atoms with E-state index < -0.39 is 11.7 Å². The van der Waals surface area contributed by atoms with E-state index in [1.807, 2.05) is 26.0 Å². The molecular formula is C23H31NO6. The van der Waals surface area contributed by atoms with Crippen LogP contribution in [0.15, 0.2) is 17.9 Å². The van der Waals surface area contributed by atoms with Crippen molar-refractivity contribution < 1.29 is 28.5 Å². The third-order valence-electron chi connectivity index (χ3n) is 5.99. The molecule has 2 aliphatic rings. The minimum Gasteiger partial charge on any atom is -0.496 e. The fourth-order valence-corrected chi connectivity index (χ4v) is 4.51. The average molecular weight is 418 g/mol. The smallest absolute Gasteiger partial charge is 0.496 e. The number of carbonyl (C=O) groups excluding carboxylic acids is 2. The van der Waals surface area contributed by atoms with Gasteiger partial charge in [0.1, 0.15) is 5.75 Å². The van der Waals surface area contributed by atoms with Crippen molar-refractivity contribution in [3.8, 4) is 5.75 Å². The highest BCUT2D eigenvalue weighted by molar-refractivity contribution is 6.24. The summed E-state index contributed by atoms with van der Waals surface area (Å²) >= 11 is 0. The summed E-state index contributed by atoms with van der Waals surface area (Å²) in [4.78, 5) is 25.6. The zero-order valence-electron chi connectivity index (χ0n) is 18.4. The lowest BCUT2D eigenvalue weighted by Crippen LogP contribution is -2.49. The summed E-state index contributed by atoms with van der Waals surface area (Å²) in [6.45, 7) is 5.91. The minimum atomic E-state index is -0.807. The van der Waals surface area contributed by atoms with Crippen LogP contribution in [-0.4, -0.2) is 44.5 Å². The van der Waals surface area contributed by atoms with E-state index in [9.17, 15) is 9.59 Å². The van der Waals surface area contributed by atoms with Crippen molar-refractivity contribution >= 4 is 17.6 Å². The Bertz CT molecular complexity index is 826. The maximum atomic E-state index is 13.3. The lowest BCUT2D eigenvalue weighted by atomic mass is 9.79. The predicted molar refractivity (Wildman–Crippen MR) is 112 cm³/mol.